The summed E-state index contributed by atoms with van der Waals surface area (Å²) in [5.41, 5.74) is -0.574. The maximum atomic E-state index is 12.9. The third-order valence-corrected chi connectivity index (χ3v) is 5.98. The zero-order valence-electron chi connectivity index (χ0n) is 18.4. The fourth-order valence-electron chi connectivity index (χ4n) is 3.35. The van der Waals surface area contributed by atoms with Gasteiger partial charge < -0.3 is 9.15 Å². The summed E-state index contributed by atoms with van der Waals surface area (Å²) in [6.07, 6.45) is -0.164. The summed E-state index contributed by atoms with van der Waals surface area (Å²) >= 11 is 0.818. The van der Waals surface area contributed by atoms with E-state index in [0.29, 0.717) is 0 Å². The van der Waals surface area contributed by atoms with Crippen molar-refractivity contribution < 1.29 is 33.4 Å². The molecule has 2 heterocycles. The van der Waals surface area contributed by atoms with Gasteiger partial charge in [-0.2, -0.15) is 0 Å². The Morgan fingerprint density at radius 2 is 1.75 bits per heavy atom. The van der Waals surface area contributed by atoms with Gasteiger partial charge in [0.05, 0.1) is 39.3 Å². The topological polar surface area (TPSA) is 189 Å². The number of aromatic nitrogens is 2. The van der Waals surface area contributed by atoms with Crippen molar-refractivity contribution in [2.45, 2.75) is 23.8 Å². The fourth-order valence-corrected chi connectivity index (χ4v) is 4.24. The molecule has 15 heteroatoms. The first kappa shape index (κ1) is 24.5. The second kappa shape index (κ2) is 9.91. The number of imide groups is 1. The number of anilines is 1. The average Bonchev–Trinajstić information content (AvgIpc) is 3.43. The van der Waals surface area contributed by atoms with Crippen LogP contribution in [0.25, 0.3) is 11.5 Å². The van der Waals surface area contributed by atoms with E-state index in [1.54, 1.807) is 6.92 Å². The SMILES string of the molecule is CCOC(=O)c1ccc(N2C(=O)CC(Sc3nnc(-c4cc([N+](=O)[O-])cc([N+](=O)[O-])c4)o3)C2=O)cc1. The summed E-state index contributed by atoms with van der Waals surface area (Å²) in [6.45, 7) is 1.88. The van der Waals surface area contributed by atoms with Crippen molar-refractivity contribution in [2.75, 3.05) is 11.5 Å². The molecule has 184 valence electrons. The number of ether oxygens (including phenoxy) is 1. The Balaban J connectivity index is 1.51. The summed E-state index contributed by atoms with van der Waals surface area (Å²) in [7, 11) is 0. The van der Waals surface area contributed by atoms with Crippen molar-refractivity contribution in [1.82, 2.24) is 10.2 Å². The Bertz CT molecular complexity index is 1360. The van der Waals surface area contributed by atoms with Gasteiger partial charge in [-0.25, -0.2) is 9.69 Å². The molecule has 2 aromatic carbocycles. The molecule has 0 bridgehead atoms. The predicted octanol–water partition coefficient (Wildman–Crippen LogP) is 3.15. The van der Waals surface area contributed by atoms with E-state index in [2.05, 4.69) is 10.2 Å². The molecule has 0 saturated carbocycles. The van der Waals surface area contributed by atoms with Gasteiger partial charge in [-0.1, -0.05) is 11.8 Å². The average molecular weight is 513 g/mol. The molecule has 1 aliphatic heterocycles. The van der Waals surface area contributed by atoms with E-state index in [1.807, 2.05) is 0 Å². The summed E-state index contributed by atoms with van der Waals surface area (Å²) in [4.78, 5) is 58.9. The molecule has 0 aliphatic carbocycles. The number of nitrogens with zero attached hydrogens (tertiary/aromatic N) is 5. The lowest BCUT2D eigenvalue weighted by atomic mass is 10.2. The van der Waals surface area contributed by atoms with Gasteiger partial charge in [0.1, 0.15) is 5.25 Å². The highest BCUT2D eigenvalue weighted by Gasteiger charge is 2.41. The molecular formula is C21H15N5O9S. The Morgan fingerprint density at radius 1 is 1.11 bits per heavy atom. The number of nitro groups is 2. The first-order chi connectivity index (χ1) is 17.2. The second-order valence-electron chi connectivity index (χ2n) is 7.27. The Hall–Kier alpha value is -4.66. The number of thioether (sulfide) groups is 1. The number of nitro benzene ring substituents is 2. The van der Waals surface area contributed by atoms with Crippen molar-refractivity contribution in [3.05, 3.63) is 68.3 Å². The van der Waals surface area contributed by atoms with Gasteiger partial charge in [-0.05, 0) is 31.2 Å². The highest BCUT2D eigenvalue weighted by molar-refractivity contribution is 8.00. The number of benzene rings is 2. The number of carbonyl (C=O) groups is 3. The van der Waals surface area contributed by atoms with Gasteiger partial charge in [-0.3, -0.25) is 29.8 Å². The maximum Gasteiger partial charge on any atom is 0.338 e. The van der Waals surface area contributed by atoms with E-state index >= 15 is 0 Å². The van der Waals surface area contributed by atoms with Crippen LogP contribution in [0.2, 0.25) is 0 Å². The van der Waals surface area contributed by atoms with Crippen LogP contribution >= 0.6 is 11.8 Å². The quantitative estimate of drug-likeness (QED) is 0.185. The number of rotatable bonds is 8. The van der Waals surface area contributed by atoms with Crippen molar-refractivity contribution in [3.63, 3.8) is 0 Å². The van der Waals surface area contributed by atoms with Crippen molar-refractivity contribution >= 4 is 46.6 Å². The van der Waals surface area contributed by atoms with Crippen LogP contribution in [0.3, 0.4) is 0 Å². The van der Waals surface area contributed by atoms with E-state index in [0.717, 1.165) is 34.9 Å². The van der Waals surface area contributed by atoms with Gasteiger partial charge in [0.15, 0.2) is 0 Å². The first-order valence-corrected chi connectivity index (χ1v) is 11.1. The minimum atomic E-state index is -0.894. The summed E-state index contributed by atoms with van der Waals surface area (Å²) in [5.74, 6) is -1.78. The van der Waals surface area contributed by atoms with Crippen LogP contribution in [0, 0.1) is 20.2 Å². The summed E-state index contributed by atoms with van der Waals surface area (Å²) < 4.78 is 10.4. The van der Waals surface area contributed by atoms with Crippen LogP contribution in [0.4, 0.5) is 17.1 Å². The molecule has 0 radical (unpaired) electrons. The predicted molar refractivity (Wildman–Crippen MR) is 122 cm³/mol. The molecule has 1 fully saturated rings. The molecule has 1 atom stereocenters. The molecule has 1 saturated heterocycles. The lowest BCUT2D eigenvalue weighted by molar-refractivity contribution is -0.394. The van der Waals surface area contributed by atoms with Crippen LogP contribution in [-0.2, 0) is 14.3 Å². The fraction of sp³-hybridized carbons (Fsp3) is 0.190. The Kier molecular flexibility index (Phi) is 6.73. The third-order valence-electron chi connectivity index (χ3n) is 4.96. The number of amides is 2. The number of hydrogen-bond donors (Lipinski definition) is 0. The molecule has 0 spiro atoms. The summed E-state index contributed by atoms with van der Waals surface area (Å²) in [5, 5.41) is 28.8. The van der Waals surface area contributed by atoms with Gasteiger partial charge in [0.25, 0.3) is 16.6 Å². The number of esters is 1. The monoisotopic (exact) mass is 513 g/mol. The van der Waals surface area contributed by atoms with E-state index in [4.69, 9.17) is 9.15 Å². The maximum absolute atomic E-state index is 12.9. The highest BCUT2D eigenvalue weighted by atomic mass is 32.2. The van der Waals surface area contributed by atoms with Crippen molar-refractivity contribution in [2.24, 2.45) is 0 Å². The number of non-ortho nitro benzene ring substituents is 2. The molecule has 1 unspecified atom stereocenters. The smallest absolute Gasteiger partial charge is 0.338 e. The van der Waals surface area contributed by atoms with E-state index in [9.17, 15) is 34.6 Å². The second-order valence-corrected chi connectivity index (χ2v) is 8.42. The van der Waals surface area contributed by atoms with Gasteiger partial charge in [0.2, 0.25) is 17.7 Å². The van der Waals surface area contributed by atoms with Gasteiger partial charge >= 0.3 is 5.97 Å². The van der Waals surface area contributed by atoms with E-state index in [1.165, 1.54) is 24.3 Å². The highest BCUT2D eigenvalue weighted by Crippen LogP contribution is 2.35. The van der Waals surface area contributed by atoms with Crippen LogP contribution < -0.4 is 4.90 Å². The minimum Gasteiger partial charge on any atom is -0.462 e. The molecule has 14 nitrogen and oxygen atoms in total. The largest absolute Gasteiger partial charge is 0.462 e. The first-order valence-electron chi connectivity index (χ1n) is 10.3. The Labute approximate surface area is 205 Å². The normalized spacial score (nSPS) is 15.2. The third kappa shape index (κ3) is 4.90. The van der Waals surface area contributed by atoms with Crippen LogP contribution in [-0.4, -0.2) is 49.7 Å². The zero-order valence-corrected chi connectivity index (χ0v) is 19.2. The zero-order chi connectivity index (χ0) is 26.0. The lowest BCUT2D eigenvalue weighted by Crippen LogP contribution is -2.31. The number of hydrogen-bond acceptors (Lipinski definition) is 12. The number of carbonyl (C=O) groups excluding carboxylic acids is 3. The van der Waals surface area contributed by atoms with Crippen LogP contribution in [0.15, 0.2) is 52.1 Å². The van der Waals surface area contributed by atoms with Gasteiger partial charge in [0, 0.05) is 18.6 Å². The van der Waals surface area contributed by atoms with Crippen LogP contribution in [0.1, 0.15) is 23.7 Å². The Morgan fingerprint density at radius 3 is 2.33 bits per heavy atom. The van der Waals surface area contributed by atoms with Crippen molar-refractivity contribution in [1.29, 1.82) is 0 Å². The molecule has 3 aromatic rings. The van der Waals surface area contributed by atoms with Gasteiger partial charge in [-0.15, -0.1) is 10.2 Å². The molecular weight excluding hydrogens is 498 g/mol. The molecule has 0 N–H and O–H groups in total. The summed E-state index contributed by atoms with van der Waals surface area (Å²) in [6, 6.07) is 8.67. The molecule has 36 heavy (non-hydrogen) atoms. The van der Waals surface area contributed by atoms with Crippen LogP contribution in [0.5, 0.6) is 0 Å². The van der Waals surface area contributed by atoms with Crippen molar-refractivity contribution in [3.8, 4) is 11.5 Å². The molecule has 2 amide bonds. The minimum absolute atomic E-state index is 0.0487. The van der Waals surface area contributed by atoms with E-state index < -0.39 is 44.3 Å². The molecule has 4 rings (SSSR count). The van der Waals surface area contributed by atoms with E-state index in [-0.39, 0.29) is 41.0 Å². The standard InChI is InChI=1S/C21H15N5O9S/c1-2-34-20(29)11-3-5-13(6-4-11)24-17(27)10-16(19(24)28)36-21-23-22-18(35-21)12-7-14(25(30)31)9-15(8-12)26(32)33/h3-9,16H,2,10H2,1H3. The lowest BCUT2D eigenvalue weighted by Gasteiger charge is -2.14. The molecule has 1 aliphatic rings. The molecule has 1 aromatic heterocycles.